The predicted molar refractivity (Wildman–Crippen MR) is 105 cm³/mol. The first kappa shape index (κ1) is 21.0. The molecule has 0 bridgehead atoms. The summed E-state index contributed by atoms with van der Waals surface area (Å²) < 4.78 is 24.3. The molecule has 2 aromatic heterocycles. The molecule has 2 aromatic rings. The van der Waals surface area contributed by atoms with Crippen LogP contribution in [-0.2, 0) is 4.79 Å². The van der Waals surface area contributed by atoms with Gasteiger partial charge in [0.2, 0.25) is 5.91 Å². The molecule has 0 aromatic carbocycles. The third-order valence-electron chi connectivity index (χ3n) is 3.57. The number of amides is 1. The Bertz CT molecular complexity index is 723. The van der Waals surface area contributed by atoms with Gasteiger partial charge in [-0.05, 0) is 41.6 Å². The number of aromatic nitrogens is 3. The van der Waals surface area contributed by atoms with Crippen molar-refractivity contribution in [2.24, 2.45) is 0 Å². The molecular formula is C16H19ClF2IN5O. The Labute approximate surface area is 169 Å². The molecule has 1 amide bonds. The lowest BCUT2D eigenvalue weighted by Gasteiger charge is -2.19. The van der Waals surface area contributed by atoms with Crippen molar-refractivity contribution in [2.45, 2.75) is 23.7 Å². The van der Waals surface area contributed by atoms with Gasteiger partial charge in [0.1, 0.15) is 5.69 Å². The van der Waals surface area contributed by atoms with Crippen LogP contribution in [-0.4, -0.2) is 44.2 Å². The Morgan fingerprint density at radius 1 is 1.46 bits per heavy atom. The van der Waals surface area contributed by atoms with Crippen LogP contribution in [0.15, 0.2) is 30.7 Å². The highest BCUT2D eigenvalue weighted by molar-refractivity contribution is 14.1. The monoisotopic (exact) mass is 497 g/mol. The Kier molecular flexibility index (Phi) is 7.71. The zero-order chi connectivity index (χ0) is 19.2. The highest BCUT2D eigenvalue weighted by Crippen LogP contribution is 2.27. The van der Waals surface area contributed by atoms with E-state index in [0.717, 1.165) is 28.3 Å². The van der Waals surface area contributed by atoms with Crippen LogP contribution in [0, 0.1) is 0 Å². The van der Waals surface area contributed by atoms with E-state index in [0.29, 0.717) is 18.8 Å². The standard InChI is InChI=1S/C16H19ClF2IN5O/c1-2-24(14(26)5-8-21-9-6-16(18,19)20)13-11-25(23-15(13)17)12-4-3-7-22-10-12/h3-4,7,10-11,21H,2,5-6,8-9H2,1H3. The summed E-state index contributed by atoms with van der Waals surface area (Å²) >= 11 is 7.30. The Balaban J connectivity index is 1.97. The lowest BCUT2D eigenvalue weighted by atomic mass is 10.3. The Hall–Kier alpha value is -1.33. The molecule has 6 nitrogen and oxygen atoms in total. The van der Waals surface area contributed by atoms with E-state index in [4.69, 9.17) is 11.6 Å². The molecule has 2 rings (SSSR count). The first-order valence-electron chi connectivity index (χ1n) is 8.05. The van der Waals surface area contributed by atoms with Crippen molar-refractivity contribution in [3.8, 4) is 5.69 Å². The number of carbonyl (C=O) groups is 1. The maximum atomic E-state index is 12.7. The van der Waals surface area contributed by atoms with Gasteiger partial charge >= 0.3 is 0 Å². The Morgan fingerprint density at radius 3 is 2.85 bits per heavy atom. The molecule has 26 heavy (non-hydrogen) atoms. The molecule has 0 aliphatic carbocycles. The van der Waals surface area contributed by atoms with Crippen LogP contribution < -0.4 is 10.2 Å². The van der Waals surface area contributed by atoms with Crippen molar-refractivity contribution in [3.63, 3.8) is 0 Å². The van der Waals surface area contributed by atoms with Crippen molar-refractivity contribution in [3.05, 3.63) is 35.9 Å². The SMILES string of the molecule is CCN(C(=O)CCNCCC(F)(F)I)c1cn(-c2cccnc2)nc1Cl. The number of pyridine rings is 1. The van der Waals surface area contributed by atoms with Gasteiger partial charge in [-0.2, -0.15) is 13.9 Å². The molecule has 2 heterocycles. The summed E-state index contributed by atoms with van der Waals surface area (Å²) in [5.41, 5.74) is 1.23. The quantitative estimate of drug-likeness (QED) is 0.326. The van der Waals surface area contributed by atoms with Crippen molar-refractivity contribution >= 4 is 45.8 Å². The van der Waals surface area contributed by atoms with Gasteiger partial charge in [0.25, 0.3) is 3.93 Å². The molecule has 0 atom stereocenters. The van der Waals surface area contributed by atoms with Crippen molar-refractivity contribution in [2.75, 3.05) is 24.5 Å². The first-order valence-corrected chi connectivity index (χ1v) is 9.51. The molecule has 142 valence electrons. The van der Waals surface area contributed by atoms with E-state index in [9.17, 15) is 13.6 Å². The van der Waals surface area contributed by atoms with Gasteiger partial charge in [-0.1, -0.05) is 11.6 Å². The van der Waals surface area contributed by atoms with Gasteiger partial charge in [0, 0.05) is 38.7 Å². The molecular weight excluding hydrogens is 479 g/mol. The summed E-state index contributed by atoms with van der Waals surface area (Å²) in [6.07, 6.45) is 4.86. The number of anilines is 1. The van der Waals surface area contributed by atoms with Gasteiger partial charge in [0.05, 0.1) is 18.1 Å². The second kappa shape index (κ2) is 9.56. The highest BCUT2D eigenvalue weighted by atomic mass is 127. The van der Waals surface area contributed by atoms with Crippen LogP contribution >= 0.6 is 34.2 Å². The largest absolute Gasteiger partial charge is 0.316 e. The first-order chi connectivity index (χ1) is 12.3. The van der Waals surface area contributed by atoms with Gasteiger partial charge < -0.3 is 10.2 Å². The third kappa shape index (κ3) is 6.13. The molecule has 0 saturated heterocycles. The highest BCUT2D eigenvalue weighted by Gasteiger charge is 2.23. The number of hydrogen-bond donors (Lipinski definition) is 1. The van der Waals surface area contributed by atoms with E-state index in [1.807, 2.05) is 13.0 Å². The lowest BCUT2D eigenvalue weighted by Crippen LogP contribution is -2.33. The lowest BCUT2D eigenvalue weighted by molar-refractivity contribution is -0.118. The maximum absolute atomic E-state index is 12.7. The minimum atomic E-state index is -2.74. The molecule has 10 heteroatoms. The number of nitrogens with one attached hydrogen (secondary N) is 1. The van der Waals surface area contributed by atoms with Gasteiger partial charge in [0.15, 0.2) is 5.15 Å². The number of nitrogens with zero attached hydrogens (tertiary/aromatic N) is 4. The van der Waals surface area contributed by atoms with Gasteiger partial charge in [-0.25, -0.2) is 4.68 Å². The predicted octanol–water partition coefficient (Wildman–Crippen LogP) is 3.67. The van der Waals surface area contributed by atoms with Crippen LogP contribution in [0.2, 0.25) is 5.15 Å². The zero-order valence-electron chi connectivity index (χ0n) is 14.1. The fraction of sp³-hybridized carbons (Fsp3) is 0.438. The average molecular weight is 498 g/mol. The van der Waals surface area contributed by atoms with Gasteiger partial charge in [-0.3, -0.25) is 9.78 Å². The summed E-state index contributed by atoms with van der Waals surface area (Å²) in [5.74, 6) is -0.158. The molecule has 0 radical (unpaired) electrons. The smallest absolute Gasteiger partial charge is 0.297 e. The molecule has 0 spiro atoms. The fourth-order valence-corrected chi connectivity index (χ4v) is 2.81. The van der Waals surface area contributed by atoms with Crippen molar-refractivity contribution < 1.29 is 13.6 Å². The third-order valence-corrected chi connectivity index (χ3v) is 4.38. The second-order valence-electron chi connectivity index (χ2n) is 5.46. The molecule has 0 aliphatic heterocycles. The summed E-state index contributed by atoms with van der Waals surface area (Å²) in [7, 11) is 0. The van der Waals surface area contributed by atoms with Crippen molar-refractivity contribution in [1.29, 1.82) is 0 Å². The number of carbonyl (C=O) groups excluding carboxylic acids is 1. The van der Waals surface area contributed by atoms with Crippen LogP contribution in [0.1, 0.15) is 19.8 Å². The Morgan fingerprint density at radius 2 is 2.23 bits per heavy atom. The van der Waals surface area contributed by atoms with E-state index in [1.54, 1.807) is 29.3 Å². The van der Waals surface area contributed by atoms with E-state index >= 15 is 0 Å². The minimum Gasteiger partial charge on any atom is -0.316 e. The summed E-state index contributed by atoms with van der Waals surface area (Å²) in [6.45, 7) is 2.72. The van der Waals surface area contributed by atoms with E-state index in [2.05, 4.69) is 15.4 Å². The minimum absolute atomic E-state index is 0.148. The van der Waals surface area contributed by atoms with E-state index in [1.165, 1.54) is 4.90 Å². The zero-order valence-corrected chi connectivity index (χ0v) is 17.0. The summed E-state index contributed by atoms with van der Waals surface area (Å²) in [5, 5.41) is 7.28. The van der Waals surface area contributed by atoms with E-state index in [-0.39, 0.29) is 30.4 Å². The van der Waals surface area contributed by atoms with Gasteiger partial charge in [-0.15, -0.1) is 0 Å². The second-order valence-corrected chi connectivity index (χ2v) is 7.40. The molecule has 0 aliphatic rings. The maximum Gasteiger partial charge on any atom is 0.297 e. The summed E-state index contributed by atoms with van der Waals surface area (Å²) in [6, 6.07) is 3.60. The molecule has 0 unspecified atom stereocenters. The fourth-order valence-electron chi connectivity index (χ4n) is 2.31. The van der Waals surface area contributed by atoms with Crippen LogP contribution in [0.4, 0.5) is 14.5 Å². The topological polar surface area (TPSA) is 63.1 Å². The van der Waals surface area contributed by atoms with Crippen LogP contribution in [0.3, 0.4) is 0 Å². The molecule has 0 fully saturated rings. The number of rotatable bonds is 9. The number of alkyl halides is 3. The number of hydrogen-bond acceptors (Lipinski definition) is 4. The van der Waals surface area contributed by atoms with Crippen LogP contribution in [0.25, 0.3) is 5.69 Å². The normalized spacial score (nSPS) is 11.6. The molecule has 0 saturated carbocycles. The average Bonchev–Trinajstić information content (AvgIpc) is 2.97. The molecule has 1 N–H and O–H groups in total. The van der Waals surface area contributed by atoms with Crippen LogP contribution in [0.5, 0.6) is 0 Å². The van der Waals surface area contributed by atoms with E-state index < -0.39 is 3.93 Å². The van der Waals surface area contributed by atoms with Crippen molar-refractivity contribution in [1.82, 2.24) is 20.1 Å². The number of halogens is 4. The summed E-state index contributed by atoms with van der Waals surface area (Å²) in [4.78, 5) is 18.0.